The molecule has 0 bridgehead atoms. The Kier molecular flexibility index (Phi) is 15.0. The quantitative estimate of drug-likeness (QED) is 0.0560. The Hall–Kier alpha value is -4.62. The van der Waals surface area contributed by atoms with Crippen LogP contribution in [0, 0.1) is 17.8 Å². The van der Waals surface area contributed by atoms with Gasteiger partial charge in [-0.3, -0.25) is 4.79 Å². The maximum absolute atomic E-state index is 13.2. The van der Waals surface area contributed by atoms with Gasteiger partial charge in [0.15, 0.2) is 0 Å². The fraction of sp³-hybridized carbons (Fsp3) is 0.468. The largest absolute Gasteiger partial charge is 0.460 e. The van der Waals surface area contributed by atoms with Crippen LogP contribution in [0.15, 0.2) is 107 Å². The minimum Gasteiger partial charge on any atom is -0.460 e. The Morgan fingerprint density at radius 1 is 1.00 bits per heavy atom. The van der Waals surface area contributed by atoms with Crippen molar-refractivity contribution in [1.82, 2.24) is 5.32 Å². The number of nitrogens with zero attached hydrogens (tertiary/aromatic N) is 1. The predicted octanol–water partition coefficient (Wildman–Crippen LogP) is 9.16. The lowest BCUT2D eigenvalue weighted by Gasteiger charge is -2.58. The highest BCUT2D eigenvalue weighted by Gasteiger charge is 2.64. The standard InChI is InChI=1S/C47H59N3O8S/c1-6-26-55-47-42(59-36-21-18-34(19-22-36)49-31(2)53)29-40(50-58-46(3,4)5)38-27-33(16-10-12-24-51)37(17-11-13-25-52)43(44(38)47)39-28-35(20-23-41(39)57-47)56-45(54)48-30-32-14-8-7-9-15-32/h6-9,14-15,18-23,27-28,33,37,42-44,51-52H,1,10-13,16-17,24-26,29-30H2,2-5H3,(H,48,54)(H,49,53). The zero-order valence-electron chi connectivity index (χ0n) is 34.7. The number of aliphatic hydroxyl groups excluding tert-OH is 2. The van der Waals surface area contributed by atoms with Gasteiger partial charge >= 0.3 is 6.09 Å². The van der Waals surface area contributed by atoms with Crippen LogP contribution >= 0.6 is 11.8 Å². The third-order valence-corrected chi connectivity index (χ3v) is 12.3. The highest BCUT2D eigenvalue weighted by molar-refractivity contribution is 8.00. The van der Waals surface area contributed by atoms with Gasteiger partial charge in [-0.15, -0.1) is 18.3 Å². The number of allylic oxidation sites excluding steroid dienone is 1. The molecule has 2 amide bonds. The molecule has 6 rings (SSSR count). The molecule has 59 heavy (non-hydrogen) atoms. The normalized spacial score (nSPS) is 23.9. The van der Waals surface area contributed by atoms with Crippen LogP contribution in [0.3, 0.4) is 0 Å². The van der Waals surface area contributed by atoms with E-state index in [9.17, 15) is 19.8 Å². The fourth-order valence-electron chi connectivity index (χ4n) is 8.58. The highest BCUT2D eigenvalue weighted by Crippen LogP contribution is 2.63. The van der Waals surface area contributed by atoms with Crippen LogP contribution in [0.5, 0.6) is 11.5 Å². The van der Waals surface area contributed by atoms with Crippen LogP contribution in [0.25, 0.3) is 0 Å². The van der Waals surface area contributed by atoms with E-state index in [1.54, 1.807) is 23.9 Å². The summed E-state index contributed by atoms with van der Waals surface area (Å²) in [7, 11) is 0. The number of benzene rings is 3. The predicted molar refractivity (Wildman–Crippen MR) is 232 cm³/mol. The number of anilines is 1. The van der Waals surface area contributed by atoms with Gasteiger partial charge in [0.05, 0.1) is 23.5 Å². The number of thioether (sulfide) groups is 1. The molecule has 1 aliphatic heterocycles. The number of rotatable bonds is 18. The number of fused-ring (bicyclic) bond motifs is 2. The van der Waals surface area contributed by atoms with E-state index in [0.29, 0.717) is 43.0 Å². The zero-order chi connectivity index (χ0) is 42.0. The lowest BCUT2D eigenvalue weighted by Crippen LogP contribution is -2.64. The van der Waals surface area contributed by atoms with E-state index in [1.807, 2.05) is 87.5 Å². The molecule has 3 aromatic rings. The number of carbonyl (C=O) groups excluding carboxylic acids is 2. The van der Waals surface area contributed by atoms with Gasteiger partial charge in [0.25, 0.3) is 0 Å². The van der Waals surface area contributed by atoms with E-state index in [4.69, 9.17) is 24.2 Å². The lowest BCUT2D eigenvalue weighted by atomic mass is 9.56. The first-order valence-corrected chi connectivity index (χ1v) is 21.6. The van der Waals surface area contributed by atoms with Crippen LogP contribution in [-0.4, -0.2) is 64.4 Å². The SMILES string of the molecule is C=CCOC12Oc3ccc(OC(=O)NCc4ccccc4)cc3C3C(CCCCO)C(CCCCO)C=C(C(=NOC(C)(C)C)CC1Sc1ccc(NC(C)=O)cc1)C32. The highest BCUT2D eigenvalue weighted by atomic mass is 32.2. The van der Waals surface area contributed by atoms with Crippen molar-refractivity contribution in [3.8, 4) is 11.5 Å². The number of amides is 2. The molecule has 2 aliphatic carbocycles. The number of unbranched alkanes of at least 4 members (excludes halogenated alkanes) is 2. The Morgan fingerprint density at radius 2 is 1.73 bits per heavy atom. The first kappa shape index (κ1) is 43.9. The molecule has 1 heterocycles. The summed E-state index contributed by atoms with van der Waals surface area (Å²) >= 11 is 1.63. The van der Waals surface area contributed by atoms with Gasteiger partial charge in [-0.2, -0.15) is 0 Å². The number of nitrogens with one attached hydrogen (secondary N) is 2. The van der Waals surface area contributed by atoms with E-state index < -0.39 is 17.5 Å². The first-order chi connectivity index (χ1) is 28.4. The molecule has 11 nitrogen and oxygen atoms in total. The van der Waals surface area contributed by atoms with E-state index in [1.165, 1.54) is 6.92 Å². The molecule has 0 radical (unpaired) electrons. The van der Waals surface area contributed by atoms with Gasteiger partial charge in [-0.1, -0.05) is 60.5 Å². The molecule has 3 aromatic carbocycles. The van der Waals surface area contributed by atoms with Crippen LogP contribution in [0.2, 0.25) is 0 Å². The monoisotopic (exact) mass is 825 g/mol. The summed E-state index contributed by atoms with van der Waals surface area (Å²) in [5, 5.41) is 30.1. The van der Waals surface area contributed by atoms with Crippen molar-refractivity contribution in [3.63, 3.8) is 0 Å². The number of hydrogen-bond acceptors (Lipinski definition) is 10. The van der Waals surface area contributed by atoms with Crippen LogP contribution < -0.4 is 20.1 Å². The molecule has 1 fully saturated rings. The van der Waals surface area contributed by atoms with Crippen molar-refractivity contribution in [2.45, 2.75) is 107 Å². The Labute approximate surface area is 352 Å². The second-order valence-corrected chi connectivity index (χ2v) is 17.8. The molecule has 3 aliphatic rings. The molecule has 12 heteroatoms. The smallest absolute Gasteiger partial charge is 0.412 e. The van der Waals surface area contributed by atoms with E-state index in [-0.39, 0.29) is 54.6 Å². The molecule has 0 saturated heterocycles. The van der Waals surface area contributed by atoms with Crippen molar-refractivity contribution in [3.05, 3.63) is 108 Å². The summed E-state index contributed by atoms with van der Waals surface area (Å²) in [5.74, 6) is -0.658. The molecule has 316 valence electrons. The van der Waals surface area contributed by atoms with Gasteiger partial charge in [-0.05, 0) is 112 Å². The maximum Gasteiger partial charge on any atom is 0.412 e. The Balaban J connectivity index is 1.49. The van der Waals surface area contributed by atoms with E-state index in [0.717, 1.165) is 53.0 Å². The molecule has 0 spiro atoms. The van der Waals surface area contributed by atoms with Crippen molar-refractivity contribution in [2.75, 3.05) is 25.1 Å². The van der Waals surface area contributed by atoms with Gasteiger partial charge in [0.1, 0.15) is 17.1 Å². The van der Waals surface area contributed by atoms with Crippen LogP contribution in [0.1, 0.15) is 89.7 Å². The van der Waals surface area contributed by atoms with E-state index >= 15 is 0 Å². The summed E-state index contributed by atoms with van der Waals surface area (Å²) < 4.78 is 20.2. The number of hydrogen-bond donors (Lipinski definition) is 4. The zero-order valence-corrected chi connectivity index (χ0v) is 35.5. The summed E-state index contributed by atoms with van der Waals surface area (Å²) in [4.78, 5) is 32.2. The minimum absolute atomic E-state index is 0.0796. The van der Waals surface area contributed by atoms with Gasteiger partial charge < -0.3 is 39.9 Å². The molecular formula is C47H59N3O8S. The van der Waals surface area contributed by atoms with E-state index in [2.05, 4.69) is 23.3 Å². The lowest BCUT2D eigenvalue weighted by molar-refractivity contribution is -0.223. The minimum atomic E-state index is -1.19. The summed E-state index contributed by atoms with van der Waals surface area (Å²) in [6.07, 6.45) is 8.67. The molecular weight excluding hydrogens is 767 g/mol. The summed E-state index contributed by atoms with van der Waals surface area (Å²) in [6, 6.07) is 23.0. The number of aliphatic hydroxyl groups is 2. The van der Waals surface area contributed by atoms with Gasteiger partial charge in [-0.25, -0.2) is 4.79 Å². The van der Waals surface area contributed by atoms with Crippen LogP contribution in [0.4, 0.5) is 10.5 Å². The van der Waals surface area contributed by atoms with Gasteiger partial charge in [0, 0.05) is 55.2 Å². The third-order valence-electron chi connectivity index (χ3n) is 11.0. The second-order valence-electron chi connectivity index (χ2n) is 16.5. The maximum atomic E-state index is 13.2. The average Bonchev–Trinajstić information content (AvgIpc) is 3.21. The van der Waals surface area contributed by atoms with Crippen LogP contribution in [-0.2, 0) is 20.9 Å². The first-order valence-electron chi connectivity index (χ1n) is 20.7. The molecule has 6 atom stereocenters. The summed E-state index contributed by atoms with van der Waals surface area (Å²) in [5.41, 5.74) is 3.85. The number of oxime groups is 1. The molecule has 6 unspecified atom stereocenters. The fourth-order valence-corrected chi connectivity index (χ4v) is 9.87. The number of ether oxygens (including phenoxy) is 3. The Bertz CT molecular complexity index is 1960. The van der Waals surface area contributed by atoms with Gasteiger partial charge in [0.2, 0.25) is 11.7 Å². The molecule has 4 N–H and O–H groups in total. The topological polar surface area (TPSA) is 148 Å². The Morgan fingerprint density at radius 3 is 2.41 bits per heavy atom. The molecule has 1 saturated carbocycles. The van der Waals surface area contributed by atoms with Crippen molar-refractivity contribution in [2.24, 2.45) is 22.9 Å². The number of carbonyl (C=O) groups is 2. The summed E-state index contributed by atoms with van der Waals surface area (Å²) in [6.45, 7) is 12.2. The van der Waals surface area contributed by atoms with Crippen molar-refractivity contribution >= 4 is 35.2 Å². The third kappa shape index (κ3) is 11.0. The second kappa shape index (κ2) is 20.1. The van der Waals surface area contributed by atoms with Crippen molar-refractivity contribution < 1.29 is 38.9 Å². The average molecular weight is 826 g/mol. The molecule has 0 aromatic heterocycles. The van der Waals surface area contributed by atoms with Crippen molar-refractivity contribution in [1.29, 1.82) is 0 Å².